The number of imide groups is 1. The molecule has 2 aliphatic heterocycles. The molecule has 4 atom stereocenters. The van der Waals surface area contributed by atoms with Gasteiger partial charge < -0.3 is 9.47 Å². The number of methoxy groups -OCH3 is 2. The van der Waals surface area contributed by atoms with Crippen LogP contribution in [0.15, 0.2) is 54.6 Å². The van der Waals surface area contributed by atoms with Crippen molar-refractivity contribution >= 4 is 23.5 Å². The molecule has 0 unspecified atom stereocenters. The number of carbonyl (C=O) groups is 3. The lowest BCUT2D eigenvalue weighted by atomic mass is 9.86. The number of amides is 2. The first-order valence-corrected chi connectivity index (χ1v) is 8.97. The summed E-state index contributed by atoms with van der Waals surface area (Å²) in [7, 11) is 2.82. The van der Waals surface area contributed by atoms with E-state index in [1.807, 2.05) is 30.3 Å². The highest BCUT2D eigenvalue weighted by Crippen LogP contribution is 2.45. The Bertz CT molecular complexity index is 912. The minimum atomic E-state index is -0.875. The van der Waals surface area contributed by atoms with E-state index in [-0.39, 0.29) is 5.91 Å². The first kappa shape index (κ1) is 18.2. The van der Waals surface area contributed by atoms with Gasteiger partial charge in [-0.3, -0.25) is 19.7 Å². The number of esters is 1. The van der Waals surface area contributed by atoms with Gasteiger partial charge in [0.15, 0.2) is 0 Å². The third-order valence-corrected chi connectivity index (χ3v) is 5.42. The predicted molar refractivity (Wildman–Crippen MR) is 101 cm³/mol. The van der Waals surface area contributed by atoms with Gasteiger partial charge in [0.2, 0.25) is 11.8 Å². The van der Waals surface area contributed by atoms with Crippen LogP contribution in [0, 0.1) is 11.8 Å². The summed E-state index contributed by atoms with van der Waals surface area (Å²) in [5.41, 5.74) is 1.31. The van der Waals surface area contributed by atoms with Crippen molar-refractivity contribution in [1.29, 1.82) is 0 Å². The molecule has 0 radical (unpaired) electrons. The van der Waals surface area contributed by atoms with E-state index in [9.17, 15) is 14.4 Å². The highest BCUT2D eigenvalue weighted by molar-refractivity contribution is 6.23. The van der Waals surface area contributed by atoms with E-state index in [1.54, 1.807) is 31.4 Å². The van der Waals surface area contributed by atoms with E-state index < -0.39 is 35.8 Å². The standard InChI is InChI=1S/C21H20N2O5/c1-27-14-10-8-13(9-11-14)23-19(24)15-16(20(23)25)18(21(26)28-2)22-17(15)12-6-4-3-5-7-12/h3-11,15-18,22H,1-2H3/t15-,16+,17-,18-/m1/s1. The Hall–Kier alpha value is -3.19. The normalized spacial score (nSPS) is 26.3. The molecule has 2 heterocycles. The molecule has 2 aromatic rings. The minimum Gasteiger partial charge on any atom is -0.497 e. The summed E-state index contributed by atoms with van der Waals surface area (Å²) in [5, 5.41) is 3.15. The van der Waals surface area contributed by atoms with Crippen LogP contribution in [-0.2, 0) is 19.1 Å². The molecule has 2 amide bonds. The van der Waals surface area contributed by atoms with Gasteiger partial charge in [-0.2, -0.15) is 0 Å². The van der Waals surface area contributed by atoms with Crippen LogP contribution in [0.25, 0.3) is 0 Å². The molecule has 2 saturated heterocycles. The van der Waals surface area contributed by atoms with Gasteiger partial charge in [-0.15, -0.1) is 0 Å². The van der Waals surface area contributed by atoms with Gasteiger partial charge in [0.1, 0.15) is 11.8 Å². The summed E-state index contributed by atoms with van der Waals surface area (Å²) in [4.78, 5) is 40.0. The molecule has 7 heteroatoms. The summed E-state index contributed by atoms with van der Waals surface area (Å²) in [5.74, 6) is -2.15. The van der Waals surface area contributed by atoms with Crippen molar-refractivity contribution in [2.75, 3.05) is 19.1 Å². The fraction of sp³-hybridized carbons (Fsp3) is 0.286. The molecule has 2 aromatic carbocycles. The van der Waals surface area contributed by atoms with E-state index in [2.05, 4.69) is 5.32 Å². The Morgan fingerprint density at radius 2 is 1.57 bits per heavy atom. The number of ether oxygens (including phenoxy) is 2. The van der Waals surface area contributed by atoms with Crippen molar-refractivity contribution in [1.82, 2.24) is 5.32 Å². The van der Waals surface area contributed by atoms with E-state index in [0.29, 0.717) is 11.4 Å². The van der Waals surface area contributed by atoms with Gasteiger partial charge >= 0.3 is 5.97 Å². The van der Waals surface area contributed by atoms with Crippen LogP contribution in [0.3, 0.4) is 0 Å². The lowest BCUT2D eigenvalue weighted by Gasteiger charge is -2.22. The van der Waals surface area contributed by atoms with Crippen LogP contribution in [0.1, 0.15) is 11.6 Å². The molecule has 144 valence electrons. The van der Waals surface area contributed by atoms with Crippen molar-refractivity contribution < 1.29 is 23.9 Å². The zero-order valence-electron chi connectivity index (χ0n) is 15.5. The smallest absolute Gasteiger partial charge is 0.323 e. The van der Waals surface area contributed by atoms with E-state index >= 15 is 0 Å². The topological polar surface area (TPSA) is 84.9 Å². The maximum atomic E-state index is 13.3. The second-order valence-electron chi connectivity index (χ2n) is 6.82. The third-order valence-electron chi connectivity index (χ3n) is 5.42. The molecule has 0 bridgehead atoms. The first-order chi connectivity index (χ1) is 13.6. The maximum Gasteiger partial charge on any atom is 0.323 e. The van der Waals surface area contributed by atoms with Gasteiger partial charge in [0.05, 0.1) is 31.7 Å². The molecule has 2 aliphatic rings. The highest BCUT2D eigenvalue weighted by Gasteiger charge is 2.61. The van der Waals surface area contributed by atoms with Crippen molar-refractivity contribution in [3.63, 3.8) is 0 Å². The van der Waals surface area contributed by atoms with Gasteiger partial charge in [0, 0.05) is 6.04 Å². The average molecular weight is 380 g/mol. The lowest BCUT2D eigenvalue weighted by molar-refractivity contribution is -0.145. The Morgan fingerprint density at radius 3 is 2.18 bits per heavy atom. The SMILES string of the molecule is COC(=O)[C@@H]1N[C@H](c2ccccc2)[C@@H]2C(=O)N(c3ccc(OC)cc3)C(=O)[C@@H]21. The Labute approximate surface area is 162 Å². The largest absolute Gasteiger partial charge is 0.497 e. The molecule has 0 spiro atoms. The van der Waals surface area contributed by atoms with Crippen molar-refractivity contribution in [3.05, 3.63) is 60.2 Å². The van der Waals surface area contributed by atoms with Crippen LogP contribution >= 0.6 is 0 Å². The van der Waals surface area contributed by atoms with Crippen molar-refractivity contribution in [3.8, 4) is 5.75 Å². The Morgan fingerprint density at radius 1 is 0.929 bits per heavy atom. The number of rotatable bonds is 4. The fourth-order valence-corrected chi connectivity index (χ4v) is 4.11. The fourth-order valence-electron chi connectivity index (χ4n) is 4.11. The summed E-state index contributed by atoms with van der Waals surface area (Å²) >= 11 is 0. The van der Waals surface area contributed by atoms with E-state index in [1.165, 1.54) is 12.0 Å². The van der Waals surface area contributed by atoms with Crippen LogP contribution in [0.2, 0.25) is 0 Å². The quantitative estimate of drug-likeness (QED) is 0.642. The minimum absolute atomic E-state index is 0.326. The number of anilines is 1. The molecule has 4 rings (SSSR count). The number of fused-ring (bicyclic) bond motifs is 1. The molecule has 7 nitrogen and oxygen atoms in total. The summed E-state index contributed by atoms with van der Waals surface area (Å²) in [6.07, 6.45) is 0. The van der Waals surface area contributed by atoms with Crippen LogP contribution in [0.5, 0.6) is 5.75 Å². The monoisotopic (exact) mass is 380 g/mol. The van der Waals surface area contributed by atoms with Crippen molar-refractivity contribution in [2.24, 2.45) is 11.8 Å². The molecular formula is C21H20N2O5. The summed E-state index contributed by atoms with van der Waals surface area (Å²) < 4.78 is 10.0. The number of hydrogen-bond donors (Lipinski definition) is 1. The van der Waals surface area contributed by atoms with Gasteiger partial charge in [-0.05, 0) is 29.8 Å². The van der Waals surface area contributed by atoms with Crippen molar-refractivity contribution in [2.45, 2.75) is 12.1 Å². The zero-order valence-corrected chi connectivity index (χ0v) is 15.5. The number of nitrogens with zero attached hydrogens (tertiary/aromatic N) is 1. The van der Waals surface area contributed by atoms with Gasteiger partial charge in [-0.25, -0.2) is 4.90 Å². The number of hydrogen-bond acceptors (Lipinski definition) is 6. The molecule has 0 aliphatic carbocycles. The first-order valence-electron chi connectivity index (χ1n) is 8.97. The highest BCUT2D eigenvalue weighted by atomic mass is 16.5. The summed E-state index contributed by atoms with van der Waals surface area (Å²) in [6.45, 7) is 0. The molecular weight excluding hydrogens is 360 g/mol. The predicted octanol–water partition coefficient (Wildman–Crippen LogP) is 1.69. The third kappa shape index (κ3) is 2.75. The van der Waals surface area contributed by atoms with Crippen LogP contribution < -0.4 is 15.0 Å². The molecule has 2 fully saturated rings. The van der Waals surface area contributed by atoms with E-state index in [0.717, 1.165) is 5.56 Å². The van der Waals surface area contributed by atoms with Crippen LogP contribution in [-0.4, -0.2) is 38.0 Å². The molecule has 0 aromatic heterocycles. The maximum absolute atomic E-state index is 13.3. The lowest BCUT2D eigenvalue weighted by Crippen LogP contribution is -2.43. The van der Waals surface area contributed by atoms with Crippen LogP contribution in [0.4, 0.5) is 5.69 Å². The Balaban J connectivity index is 1.74. The molecule has 0 saturated carbocycles. The molecule has 28 heavy (non-hydrogen) atoms. The van der Waals surface area contributed by atoms with E-state index in [4.69, 9.17) is 9.47 Å². The second kappa shape index (κ2) is 7.09. The Kier molecular flexibility index (Phi) is 4.60. The molecule has 1 N–H and O–H groups in total. The second-order valence-corrected chi connectivity index (χ2v) is 6.82. The average Bonchev–Trinajstić information content (AvgIpc) is 3.25. The van der Waals surface area contributed by atoms with Gasteiger partial charge in [-0.1, -0.05) is 30.3 Å². The van der Waals surface area contributed by atoms with Gasteiger partial charge in [0.25, 0.3) is 0 Å². The number of carbonyl (C=O) groups excluding carboxylic acids is 3. The number of nitrogens with one attached hydrogen (secondary N) is 1. The zero-order chi connectivity index (χ0) is 19.8. The summed E-state index contributed by atoms with van der Waals surface area (Å²) in [6, 6.07) is 14.7. The number of benzene rings is 2.